The van der Waals surface area contributed by atoms with Crippen molar-refractivity contribution in [3.63, 3.8) is 0 Å². The number of carbonyl (C=O) groups excluding carboxylic acids is 1. The molecule has 1 aromatic rings. The van der Waals surface area contributed by atoms with Gasteiger partial charge in [0.05, 0.1) is 0 Å². The largest absolute Gasteiger partial charge is 0.484 e. The molecular weight excluding hydrogens is 266 g/mol. The van der Waals surface area contributed by atoms with E-state index in [4.69, 9.17) is 10.5 Å². The van der Waals surface area contributed by atoms with Gasteiger partial charge >= 0.3 is 0 Å². The maximum Gasteiger partial charge on any atom is 0.260 e. The predicted molar refractivity (Wildman–Crippen MR) is 83.4 cm³/mol. The molecule has 0 aliphatic carbocycles. The molecule has 1 atom stereocenters. The van der Waals surface area contributed by atoms with E-state index in [9.17, 15) is 4.79 Å². The molecule has 1 heterocycles. The third-order valence-corrected chi connectivity index (χ3v) is 3.93. The summed E-state index contributed by atoms with van der Waals surface area (Å²) in [5.41, 5.74) is 7.94. The van der Waals surface area contributed by atoms with Gasteiger partial charge in [0, 0.05) is 32.2 Å². The van der Waals surface area contributed by atoms with E-state index in [0.717, 1.165) is 43.1 Å². The summed E-state index contributed by atoms with van der Waals surface area (Å²) in [5.74, 6) is 0.806. The van der Waals surface area contributed by atoms with Crippen LogP contribution in [0.15, 0.2) is 18.2 Å². The van der Waals surface area contributed by atoms with Gasteiger partial charge in [-0.25, -0.2) is 0 Å². The van der Waals surface area contributed by atoms with Crippen molar-refractivity contribution in [2.24, 2.45) is 5.73 Å². The summed E-state index contributed by atoms with van der Waals surface area (Å²) in [6.07, 6.45) is 0. The quantitative estimate of drug-likeness (QED) is 0.904. The van der Waals surface area contributed by atoms with Crippen LogP contribution in [0.2, 0.25) is 0 Å². The van der Waals surface area contributed by atoms with Crippen molar-refractivity contribution in [3.8, 4) is 5.75 Å². The second-order valence-corrected chi connectivity index (χ2v) is 5.79. The number of aryl methyl sites for hydroxylation is 1. The van der Waals surface area contributed by atoms with Gasteiger partial charge in [-0.3, -0.25) is 4.79 Å². The van der Waals surface area contributed by atoms with Crippen LogP contribution >= 0.6 is 0 Å². The molecule has 1 aromatic carbocycles. The Kier molecular flexibility index (Phi) is 5.20. The highest BCUT2D eigenvalue weighted by molar-refractivity contribution is 5.78. The van der Waals surface area contributed by atoms with Crippen LogP contribution in [0.4, 0.5) is 0 Å². The average Bonchev–Trinajstić information content (AvgIpc) is 2.46. The summed E-state index contributed by atoms with van der Waals surface area (Å²) in [7, 11) is 2.07. The Hall–Kier alpha value is -1.59. The van der Waals surface area contributed by atoms with E-state index in [2.05, 4.69) is 11.9 Å². The zero-order chi connectivity index (χ0) is 15.4. The van der Waals surface area contributed by atoms with Crippen molar-refractivity contribution in [2.75, 3.05) is 39.8 Å². The highest BCUT2D eigenvalue weighted by atomic mass is 16.5. The minimum atomic E-state index is 0.00437. The fraction of sp³-hybridized carbons (Fsp3) is 0.562. The molecule has 0 radical (unpaired) electrons. The molecule has 1 fully saturated rings. The van der Waals surface area contributed by atoms with Crippen LogP contribution in [-0.4, -0.2) is 55.5 Å². The topological polar surface area (TPSA) is 58.8 Å². The standard InChI is InChI=1S/C16H25N3O2/c1-12-10-14(13(2)17)4-5-15(12)21-11-16(20)19-8-6-18(3)7-9-19/h4-5,10,13H,6-9,11,17H2,1-3H3/t13-/m1/s1. The number of benzene rings is 1. The lowest BCUT2D eigenvalue weighted by molar-refractivity contribution is -0.134. The van der Waals surface area contributed by atoms with E-state index in [-0.39, 0.29) is 18.6 Å². The van der Waals surface area contributed by atoms with E-state index in [1.165, 1.54) is 0 Å². The lowest BCUT2D eigenvalue weighted by Gasteiger charge is -2.32. The first-order valence-electron chi connectivity index (χ1n) is 7.42. The number of carbonyl (C=O) groups is 1. The molecule has 0 unspecified atom stereocenters. The summed E-state index contributed by atoms with van der Waals surface area (Å²) >= 11 is 0. The third kappa shape index (κ3) is 4.19. The van der Waals surface area contributed by atoms with Gasteiger partial charge in [-0.2, -0.15) is 0 Å². The van der Waals surface area contributed by atoms with Crippen molar-refractivity contribution in [2.45, 2.75) is 19.9 Å². The number of piperazine rings is 1. The van der Waals surface area contributed by atoms with E-state index >= 15 is 0 Å². The molecule has 1 aliphatic heterocycles. The maximum atomic E-state index is 12.1. The van der Waals surface area contributed by atoms with Gasteiger partial charge in [0.2, 0.25) is 0 Å². The fourth-order valence-corrected chi connectivity index (χ4v) is 2.40. The van der Waals surface area contributed by atoms with Crippen LogP contribution in [0.25, 0.3) is 0 Å². The van der Waals surface area contributed by atoms with E-state index in [1.54, 1.807) is 0 Å². The van der Waals surface area contributed by atoms with Crippen LogP contribution < -0.4 is 10.5 Å². The molecule has 116 valence electrons. The minimum Gasteiger partial charge on any atom is -0.484 e. The van der Waals surface area contributed by atoms with Gasteiger partial charge in [-0.15, -0.1) is 0 Å². The smallest absolute Gasteiger partial charge is 0.260 e. The number of likely N-dealkylation sites (N-methyl/N-ethyl adjacent to an activating group) is 1. The van der Waals surface area contributed by atoms with Crippen molar-refractivity contribution in [1.29, 1.82) is 0 Å². The Morgan fingerprint density at radius 2 is 2.00 bits per heavy atom. The van der Waals surface area contributed by atoms with Crippen molar-refractivity contribution >= 4 is 5.91 Å². The molecule has 1 amide bonds. The van der Waals surface area contributed by atoms with E-state index in [0.29, 0.717) is 0 Å². The minimum absolute atomic E-state index is 0.00437. The number of amides is 1. The number of hydrogen-bond donors (Lipinski definition) is 1. The Morgan fingerprint density at radius 3 is 2.57 bits per heavy atom. The monoisotopic (exact) mass is 291 g/mol. The van der Waals surface area contributed by atoms with Crippen LogP contribution in [-0.2, 0) is 4.79 Å². The summed E-state index contributed by atoms with van der Waals surface area (Å²) in [5, 5.41) is 0. The molecule has 0 spiro atoms. The van der Waals surface area contributed by atoms with E-state index in [1.807, 2.05) is 36.9 Å². The maximum absolute atomic E-state index is 12.1. The second kappa shape index (κ2) is 6.91. The number of nitrogens with zero attached hydrogens (tertiary/aromatic N) is 2. The average molecular weight is 291 g/mol. The SMILES string of the molecule is Cc1cc([C@@H](C)N)ccc1OCC(=O)N1CCN(C)CC1. The Morgan fingerprint density at radius 1 is 1.33 bits per heavy atom. The van der Waals surface area contributed by atoms with Gasteiger partial charge in [-0.1, -0.05) is 12.1 Å². The summed E-state index contributed by atoms with van der Waals surface area (Å²) in [6.45, 7) is 7.43. The zero-order valence-corrected chi connectivity index (χ0v) is 13.1. The second-order valence-electron chi connectivity index (χ2n) is 5.79. The fourth-order valence-electron chi connectivity index (χ4n) is 2.40. The molecule has 0 saturated carbocycles. The molecule has 0 bridgehead atoms. The molecule has 2 rings (SSSR count). The first-order valence-corrected chi connectivity index (χ1v) is 7.42. The number of rotatable bonds is 4. The molecule has 5 nitrogen and oxygen atoms in total. The van der Waals surface area contributed by atoms with Gasteiger partial charge in [0.1, 0.15) is 5.75 Å². The highest BCUT2D eigenvalue weighted by Gasteiger charge is 2.19. The van der Waals surface area contributed by atoms with Gasteiger partial charge in [0.15, 0.2) is 6.61 Å². The number of ether oxygens (including phenoxy) is 1. The van der Waals surface area contributed by atoms with Crippen molar-refractivity contribution < 1.29 is 9.53 Å². The van der Waals surface area contributed by atoms with Gasteiger partial charge in [-0.05, 0) is 38.1 Å². The molecule has 2 N–H and O–H groups in total. The lowest BCUT2D eigenvalue weighted by atomic mass is 10.1. The van der Waals surface area contributed by atoms with Crippen LogP contribution in [0, 0.1) is 6.92 Å². The third-order valence-electron chi connectivity index (χ3n) is 3.93. The summed E-state index contributed by atoms with van der Waals surface area (Å²) in [4.78, 5) is 16.2. The highest BCUT2D eigenvalue weighted by Crippen LogP contribution is 2.21. The van der Waals surface area contributed by atoms with Crippen molar-refractivity contribution in [1.82, 2.24) is 9.80 Å². The molecule has 21 heavy (non-hydrogen) atoms. The van der Waals surface area contributed by atoms with Crippen molar-refractivity contribution in [3.05, 3.63) is 29.3 Å². The van der Waals surface area contributed by atoms with Crippen LogP contribution in [0.1, 0.15) is 24.1 Å². The normalized spacial score (nSPS) is 17.6. The molecule has 1 saturated heterocycles. The summed E-state index contributed by atoms with van der Waals surface area (Å²) in [6, 6.07) is 5.86. The molecular formula is C16H25N3O2. The predicted octanol–water partition coefficient (Wildman–Crippen LogP) is 1.17. The zero-order valence-electron chi connectivity index (χ0n) is 13.1. The van der Waals surface area contributed by atoms with Gasteiger partial charge in [0.25, 0.3) is 5.91 Å². The number of hydrogen-bond acceptors (Lipinski definition) is 4. The van der Waals surface area contributed by atoms with Crippen LogP contribution in [0.5, 0.6) is 5.75 Å². The van der Waals surface area contributed by atoms with E-state index < -0.39 is 0 Å². The first kappa shape index (κ1) is 15.8. The first-order chi connectivity index (χ1) is 9.97. The van der Waals surface area contributed by atoms with Gasteiger partial charge < -0.3 is 20.3 Å². The Labute approximate surface area is 126 Å². The molecule has 0 aromatic heterocycles. The Bertz CT molecular complexity index is 494. The molecule has 1 aliphatic rings. The molecule has 5 heteroatoms. The Balaban J connectivity index is 1.89. The van der Waals surface area contributed by atoms with Crippen LogP contribution in [0.3, 0.4) is 0 Å². The summed E-state index contributed by atoms with van der Waals surface area (Å²) < 4.78 is 5.67. The number of nitrogens with two attached hydrogens (primary N) is 1. The lowest BCUT2D eigenvalue weighted by Crippen LogP contribution is -2.48.